The molecule has 1 aromatic carbocycles. The fourth-order valence-electron chi connectivity index (χ4n) is 7.59. The summed E-state index contributed by atoms with van der Waals surface area (Å²) in [7, 11) is 0. The highest BCUT2D eigenvalue weighted by molar-refractivity contribution is 5.96. The van der Waals surface area contributed by atoms with Crippen LogP contribution in [0.25, 0.3) is 0 Å². The molecule has 3 N–H and O–H groups in total. The lowest BCUT2D eigenvalue weighted by atomic mass is 9.74. The average molecular weight is 560 g/mol. The van der Waals surface area contributed by atoms with E-state index in [1.165, 1.54) is 17.0 Å². The number of likely N-dealkylation sites (tertiary alicyclic amines) is 1. The van der Waals surface area contributed by atoms with Crippen molar-refractivity contribution in [3.8, 4) is 0 Å². The number of hydrogen-bond donors (Lipinski definition) is 3. The van der Waals surface area contributed by atoms with E-state index < -0.39 is 34.4 Å². The summed E-state index contributed by atoms with van der Waals surface area (Å²) < 4.78 is 28.2. The van der Waals surface area contributed by atoms with Crippen LogP contribution < -0.4 is 16.0 Å². The Kier molecular flexibility index (Phi) is 5.99. The molecule has 0 radical (unpaired) electrons. The zero-order chi connectivity index (χ0) is 28.4. The van der Waals surface area contributed by atoms with E-state index in [1.807, 2.05) is 18.2 Å². The highest BCUT2D eigenvalue weighted by Gasteiger charge is 2.52. The number of rotatable bonds is 4. The zero-order valence-electron chi connectivity index (χ0n) is 22.6. The number of nitrogens with one attached hydrogen (secondary N) is 3. The van der Waals surface area contributed by atoms with Gasteiger partial charge in [0.1, 0.15) is 29.8 Å². The van der Waals surface area contributed by atoms with Gasteiger partial charge in [-0.25, -0.2) is 13.8 Å². The fourth-order valence-corrected chi connectivity index (χ4v) is 7.59. The Balaban J connectivity index is 1.11. The number of benzene rings is 1. The van der Waals surface area contributed by atoms with E-state index >= 15 is 0 Å². The molecule has 0 bridgehead atoms. The molecule has 1 saturated carbocycles. The summed E-state index contributed by atoms with van der Waals surface area (Å²) >= 11 is 0. The van der Waals surface area contributed by atoms with E-state index in [9.17, 15) is 23.2 Å². The number of hydrogen-bond acceptors (Lipinski definition) is 5. The molecule has 3 amide bonds. The van der Waals surface area contributed by atoms with Crippen LogP contribution >= 0.6 is 0 Å². The predicted molar refractivity (Wildman–Crippen MR) is 146 cm³/mol. The summed E-state index contributed by atoms with van der Waals surface area (Å²) in [6.45, 7) is 0.410. The van der Waals surface area contributed by atoms with Crippen LogP contribution in [0.5, 0.6) is 0 Å². The highest BCUT2D eigenvalue weighted by Crippen LogP contribution is 2.50. The van der Waals surface area contributed by atoms with Gasteiger partial charge >= 0.3 is 0 Å². The predicted octanol–water partition coefficient (Wildman–Crippen LogP) is 3.81. The van der Waals surface area contributed by atoms with Gasteiger partial charge in [-0.15, -0.1) is 0 Å². The van der Waals surface area contributed by atoms with Crippen LogP contribution in [0.4, 0.5) is 14.6 Å². The number of nitrogens with zero attached hydrogens (tertiary/aromatic N) is 2. The van der Waals surface area contributed by atoms with E-state index in [-0.39, 0.29) is 18.4 Å². The third-order valence-corrected chi connectivity index (χ3v) is 9.57. The highest BCUT2D eigenvalue weighted by atomic mass is 19.1. The van der Waals surface area contributed by atoms with Gasteiger partial charge < -0.3 is 20.9 Å². The van der Waals surface area contributed by atoms with Crippen LogP contribution in [0, 0.1) is 22.5 Å². The molecule has 7 rings (SSSR count). The maximum absolute atomic E-state index is 14.1. The van der Waals surface area contributed by atoms with E-state index in [0.717, 1.165) is 54.4 Å². The number of carbonyl (C=O) groups excluding carboxylic acids is 3. The lowest BCUT2D eigenvalue weighted by molar-refractivity contribution is -0.152. The molecular weight excluding hydrogens is 528 g/mol. The quantitative estimate of drug-likeness (QED) is 0.529. The number of pyridine rings is 1. The van der Waals surface area contributed by atoms with Crippen LogP contribution in [0.1, 0.15) is 61.4 Å². The molecule has 212 valence electrons. The normalized spacial score (nSPS) is 25.9. The third kappa shape index (κ3) is 4.22. The topological polar surface area (TPSA) is 103 Å². The van der Waals surface area contributed by atoms with Crippen LogP contribution in [-0.4, -0.2) is 40.7 Å². The van der Waals surface area contributed by atoms with Gasteiger partial charge in [0.25, 0.3) is 0 Å². The maximum atomic E-state index is 14.1. The van der Waals surface area contributed by atoms with Crippen molar-refractivity contribution in [2.45, 2.75) is 57.4 Å². The Labute approximate surface area is 236 Å². The molecule has 2 atom stereocenters. The van der Waals surface area contributed by atoms with Crippen molar-refractivity contribution in [2.75, 3.05) is 18.4 Å². The maximum Gasteiger partial charge on any atom is 0.245 e. The minimum absolute atomic E-state index is 0.0607. The molecule has 4 heterocycles. The van der Waals surface area contributed by atoms with Gasteiger partial charge in [0.05, 0.1) is 11.5 Å². The van der Waals surface area contributed by atoms with Crippen molar-refractivity contribution in [2.24, 2.45) is 10.8 Å². The van der Waals surface area contributed by atoms with Crippen LogP contribution in [0.3, 0.4) is 0 Å². The van der Waals surface area contributed by atoms with Gasteiger partial charge in [0, 0.05) is 35.7 Å². The van der Waals surface area contributed by atoms with E-state index in [0.29, 0.717) is 43.6 Å². The fraction of sp³-hybridized carbons (Fsp3) is 0.419. The monoisotopic (exact) mass is 559 g/mol. The number of piperidine rings is 1. The number of amides is 3. The number of allylic oxidation sites excluding steroid dienone is 1. The Hall–Kier alpha value is -4.08. The van der Waals surface area contributed by atoms with Gasteiger partial charge in [-0.1, -0.05) is 31.1 Å². The molecule has 2 spiro atoms. The minimum Gasteiger partial charge on any atom is -0.368 e. The van der Waals surface area contributed by atoms with Crippen molar-refractivity contribution in [3.05, 3.63) is 82.3 Å². The van der Waals surface area contributed by atoms with E-state index in [1.54, 1.807) is 6.07 Å². The van der Waals surface area contributed by atoms with Gasteiger partial charge in [-0.2, -0.15) is 0 Å². The van der Waals surface area contributed by atoms with Gasteiger partial charge in [0.15, 0.2) is 0 Å². The van der Waals surface area contributed by atoms with E-state index in [2.05, 4.69) is 20.9 Å². The van der Waals surface area contributed by atoms with Crippen molar-refractivity contribution < 1.29 is 23.2 Å². The molecule has 1 saturated heterocycles. The SMILES string of the molecule is O=C(CN1C(=O)C2(CCCC2)CC[C@H]1c1cc(F)cc(F)c1)Nc1ccc2c(n1)CC1(C2)C(=O)NC2=C1C=CCN2. The molecule has 10 heteroatoms. The first-order valence-electron chi connectivity index (χ1n) is 14.3. The van der Waals surface area contributed by atoms with Crippen molar-refractivity contribution in [1.29, 1.82) is 0 Å². The molecule has 41 heavy (non-hydrogen) atoms. The Morgan fingerprint density at radius 1 is 1.07 bits per heavy atom. The average Bonchev–Trinajstić information content (AvgIpc) is 3.63. The summed E-state index contributed by atoms with van der Waals surface area (Å²) in [6.07, 6.45) is 9.53. The van der Waals surface area contributed by atoms with Crippen molar-refractivity contribution in [3.63, 3.8) is 0 Å². The van der Waals surface area contributed by atoms with Crippen LogP contribution in [0.15, 0.2) is 53.9 Å². The summed E-state index contributed by atoms with van der Waals surface area (Å²) in [6, 6.07) is 6.29. The number of fused-ring (bicyclic) bond motifs is 2. The lowest BCUT2D eigenvalue weighted by Crippen LogP contribution is -2.51. The second kappa shape index (κ2) is 9.49. The first-order chi connectivity index (χ1) is 19.8. The number of carbonyl (C=O) groups is 3. The standard InChI is InChI=1S/C31H31F2N5O3/c32-20-12-19(13-21(33)14-20)24-7-10-30(8-1-2-9-30)29(41)38(24)17-26(39)36-25-6-5-18-15-31(16-23(18)35-25)22-4-3-11-34-27(22)37-28(31)40/h3-6,12-14,24,34H,1-2,7-11,15-17H2,(H,37,40)(H,35,36,39)/t24-,31?/m0/s1. The van der Waals surface area contributed by atoms with Crippen LogP contribution in [0.2, 0.25) is 0 Å². The second-order valence-electron chi connectivity index (χ2n) is 12.0. The number of halogens is 2. The smallest absolute Gasteiger partial charge is 0.245 e. The number of aromatic nitrogens is 1. The molecule has 2 fully saturated rings. The third-order valence-electron chi connectivity index (χ3n) is 9.57. The van der Waals surface area contributed by atoms with Gasteiger partial charge in [-0.3, -0.25) is 14.4 Å². The zero-order valence-corrected chi connectivity index (χ0v) is 22.6. The minimum atomic E-state index is -0.722. The molecule has 3 aliphatic heterocycles. The summed E-state index contributed by atoms with van der Waals surface area (Å²) in [4.78, 5) is 46.4. The van der Waals surface area contributed by atoms with Crippen molar-refractivity contribution >= 4 is 23.5 Å². The molecule has 2 aromatic rings. The van der Waals surface area contributed by atoms with Gasteiger partial charge in [-0.05, 0) is 61.4 Å². The van der Waals surface area contributed by atoms with Crippen molar-refractivity contribution in [1.82, 2.24) is 20.5 Å². The molecule has 1 aromatic heterocycles. The summed E-state index contributed by atoms with van der Waals surface area (Å²) in [5.74, 6) is -0.956. The summed E-state index contributed by atoms with van der Waals surface area (Å²) in [5, 5.41) is 9.01. The Morgan fingerprint density at radius 3 is 2.63 bits per heavy atom. The second-order valence-corrected chi connectivity index (χ2v) is 12.0. The van der Waals surface area contributed by atoms with Crippen LogP contribution in [-0.2, 0) is 27.2 Å². The summed E-state index contributed by atoms with van der Waals surface area (Å²) in [5.41, 5.74) is 1.75. The Morgan fingerprint density at radius 2 is 1.85 bits per heavy atom. The number of anilines is 1. The molecule has 2 aliphatic carbocycles. The first kappa shape index (κ1) is 25.9. The van der Waals surface area contributed by atoms with E-state index in [4.69, 9.17) is 0 Å². The lowest BCUT2D eigenvalue weighted by Gasteiger charge is -2.44. The molecule has 5 aliphatic rings. The molecule has 8 nitrogen and oxygen atoms in total. The number of dihydropyridines is 1. The molecular formula is C31H31F2N5O3. The Bertz CT molecular complexity index is 1530. The van der Waals surface area contributed by atoms with Gasteiger partial charge in [0.2, 0.25) is 17.7 Å². The largest absolute Gasteiger partial charge is 0.368 e. The first-order valence-corrected chi connectivity index (χ1v) is 14.3. The molecule has 1 unspecified atom stereocenters.